The molecule has 0 aromatic carbocycles. The molecule has 1 aliphatic rings. The molecule has 0 bridgehead atoms. The summed E-state index contributed by atoms with van der Waals surface area (Å²) in [7, 11) is 5.52. The van der Waals surface area contributed by atoms with Gasteiger partial charge >= 0.3 is 0 Å². The Morgan fingerprint density at radius 3 is 2.65 bits per heavy atom. The number of nitrogens with zero attached hydrogens (tertiary/aromatic N) is 4. The fourth-order valence-corrected chi connectivity index (χ4v) is 3.93. The molecule has 0 fully saturated rings. The lowest BCUT2D eigenvalue weighted by atomic mass is 10.0. The number of hydrogen-bond acceptors (Lipinski definition) is 4. The lowest BCUT2D eigenvalue weighted by Crippen LogP contribution is -2.40. The van der Waals surface area contributed by atoms with Crippen molar-refractivity contribution >= 4 is 47.2 Å². The maximum Gasteiger partial charge on any atom is 0.243 e. The Morgan fingerprint density at radius 1 is 1.27 bits per heavy atom. The van der Waals surface area contributed by atoms with Crippen molar-refractivity contribution in [1.82, 2.24) is 20.1 Å². The van der Waals surface area contributed by atoms with Crippen LogP contribution in [0, 0.1) is 0 Å². The molecular formula is C18H32IN5OS. The Morgan fingerprint density at radius 2 is 2.00 bits per heavy atom. The van der Waals surface area contributed by atoms with Crippen LogP contribution >= 0.6 is 35.3 Å². The topological polar surface area (TPSA) is 60.8 Å². The van der Waals surface area contributed by atoms with Gasteiger partial charge in [-0.15, -0.1) is 35.3 Å². The Balaban J connectivity index is 0.00000338. The predicted octanol–water partition coefficient (Wildman–Crippen LogP) is 2.91. The van der Waals surface area contributed by atoms with E-state index in [9.17, 15) is 4.79 Å². The van der Waals surface area contributed by atoms with Gasteiger partial charge in [0.15, 0.2) is 5.96 Å². The summed E-state index contributed by atoms with van der Waals surface area (Å²) in [5.41, 5.74) is 1.29. The largest absolute Gasteiger partial charge is 0.356 e. The van der Waals surface area contributed by atoms with E-state index in [2.05, 4.69) is 22.1 Å². The summed E-state index contributed by atoms with van der Waals surface area (Å²) >= 11 is 1.83. The maximum atomic E-state index is 11.9. The monoisotopic (exact) mass is 493 g/mol. The van der Waals surface area contributed by atoms with Crippen molar-refractivity contribution < 1.29 is 4.79 Å². The van der Waals surface area contributed by atoms with E-state index in [1.807, 2.05) is 18.4 Å². The van der Waals surface area contributed by atoms with Gasteiger partial charge < -0.3 is 15.1 Å². The van der Waals surface area contributed by atoms with E-state index in [-0.39, 0.29) is 36.4 Å². The van der Waals surface area contributed by atoms with Crippen LogP contribution < -0.4 is 5.32 Å². The molecule has 1 aromatic rings. The molecule has 1 N–H and O–H groups in total. The number of carbonyl (C=O) groups excluding carboxylic acids is 1. The number of carbonyl (C=O) groups is 1. The average molecular weight is 493 g/mol. The number of nitrogens with one attached hydrogen (secondary N) is 1. The minimum Gasteiger partial charge on any atom is -0.356 e. The van der Waals surface area contributed by atoms with Crippen molar-refractivity contribution in [2.24, 2.45) is 4.99 Å². The number of guanidine groups is 1. The first kappa shape index (κ1) is 23.1. The normalized spacial score (nSPS) is 13.6. The summed E-state index contributed by atoms with van der Waals surface area (Å²) in [6.45, 7) is 3.92. The number of likely N-dealkylation sites (N-methyl/N-ethyl adjacent to an activating group) is 1. The van der Waals surface area contributed by atoms with Crippen molar-refractivity contribution in [2.75, 3.05) is 34.2 Å². The van der Waals surface area contributed by atoms with Gasteiger partial charge in [-0.25, -0.2) is 9.98 Å². The lowest BCUT2D eigenvalue weighted by Gasteiger charge is -2.21. The van der Waals surface area contributed by atoms with E-state index in [0.717, 1.165) is 43.3 Å². The number of unbranched alkanes of at least 4 members (excludes halogenated alkanes) is 1. The molecule has 26 heavy (non-hydrogen) atoms. The Hall–Kier alpha value is -0.900. The summed E-state index contributed by atoms with van der Waals surface area (Å²) in [4.78, 5) is 26.3. The van der Waals surface area contributed by atoms with Gasteiger partial charge in [0, 0.05) is 32.6 Å². The predicted molar refractivity (Wildman–Crippen MR) is 120 cm³/mol. The van der Waals surface area contributed by atoms with E-state index >= 15 is 0 Å². The van der Waals surface area contributed by atoms with E-state index in [1.54, 1.807) is 19.0 Å². The van der Waals surface area contributed by atoms with Gasteiger partial charge in [-0.3, -0.25) is 4.79 Å². The molecule has 2 rings (SSSR count). The number of fused-ring (bicyclic) bond motifs is 1. The molecule has 0 unspecified atom stereocenters. The second-order valence-corrected chi connectivity index (χ2v) is 7.92. The fourth-order valence-electron chi connectivity index (χ4n) is 2.72. The molecule has 148 valence electrons. The van der Waals surface area contributed by atoms with Gasteiger partial charge in [0.1, 0.15) is 11.6 Å². The number of aryl methyl sites for hydroxylation is 2. The third kappa shape index (κ3) is 7.02. The number of aliphatic imine (C=N–C) groups is 1. The Bertz CT molecular complexity index is 579. The zero-order valence-corrected chi connectivity index (χ0v) is 19.5. The fraction of sp³-hybridized carbons (Fsp3) is 0.722. The number of halogens is 1. The van der Waals surface area contributed by atoms with E-state index in [4.69, 9.17) is 4.98 Å². The standard InChI is InChI=1S/C18H31N5OS.HI/c1-5-6-11-19-18(20-12-17(24)22(2)3)23(4)13-16-21-14-9-7-8-10-15(14)25-16;/h5-13H2,1-4H3,(H,19,20);1H. The third-order valence-electron chi connectivity index (χ3n) is 4.30. The summed E-state index contributed by atoms with van der Waals surface area (Å²) in [6.07, 6.45) is 7.03. The number of rotatable bonds is 7. The number of aromatic nitrogens is 1. The van der Waals surface area contributed by atoms with Crippen LogP contribution in [0.25, 0.3) is 0 Å². The minimum atomic E-state index is 0. The van der Waals surface area contributed by atoms with Crippen molar-refractivity contribution in [1.29, 1.82) is 0 Å². The summed E-state index contributed by atoms with van der Waals surface area (Å²) in [5, 5.41) is 4.52. The molecule has 0 aliphatic heterocycles. The van der Waals surface area contributed by atoms with Crippen molar-refractivity contribution in [3.8, 4) is 0 Å². The number of amides is 1. The maximum absolute atomic E-state index is 11.9. The second-order valence-electron chi connectivity index (χ2n) is 6.75. The minimum absolute atomic E-state index is 0. The second kappa shape index (κ2) is 11.7. The molecule has 0 atom stereocenters. The van der Waals surface area contributed by atoms with E-state index in [1.165, 1.54) is 29.8 Å². The van der Waals surface area contributed by atoms with E-state index < -0.39 is 0 Å². The molecular weight excluding hydrogens is 461 g/mol. The number of thiazole rings is 1. The molecule has 1 amide bonds. The van der Waals surface area contributed by atoms with Crippen LogP contribution in [0.2, 0.25) is 0 Å². The Labute approximate surface area is 178 Å². The van der Waals surface area contributed by atoms with Crippen LogP contribution in [0.1, 0.15) is 48.2 Å². The lowest BCUT2D eigenvalue weighted by molar-refractivity contribution is -0.127. The van der Waals surface area contributed by atoms with Crippen molar-refractivity contribution in [2.45, 2.75) is 52.0 Å². The molecule has 0 radical (unpaired) electrons. The number of hydrogen-bond donors (Lipinski definition) is 1. The van der Waals surface area contributed by atoms with Gasteiger partial charge in [-0.1, -0.05) is 13.3 Å². The third-order valence-corrected chi connectivity index (χ3v) is 5.44. The highest BCUT2D eigenvalue weighted by atomic mass is 127. The quantitative estimate of drug-likeness (QED) is 0.275. The van der Waals surface area contributed by atoms with Crippen LogP contribution in [0.3, 0.4) is 0 Å². The van der Waals surface area contributed by atoms with Gasteiger partial charge in [0.2, 0.25) is 5.91 Å². The highest BCUT2D eigenvalue weighted by Crippen LogP contribution is 2.27. The summed E-state index contributed by atoms with van der Waals surface area (Å²) < 4.78 is 0. The van der Waals surface area contributed by atoms with E-state index in [0.29, 0.717) is 0 Å². The first-order valence-electron chi connectivity index (χ1n) is 9.18. The highest BCUT2D eigenvalue weighted by Gasteiger charge is 2.17. The van der Waals surface area contributed by atoms with Crippen LogP contribution in [0.5, 0.6) is 0 Å². The zero-order valence-electron chi connectivity index (χ0n) is 16.4. The van der Waals surface area contributed by atoms with Gasteiger partial charge in [0.25, 0.3) is 0 Å². The summed E-state index contributed by atoms with van der Waals surface area (Å²) in [6, 6.07) is 0. The first-order chi connectivity index (χ1) is 12.0. The molecule has 8 heteroatoms. The highest BCUT2D eigenvalue weighted by molar-refractivity contribution is 14.0. The zero-order chi connectivity index (χ0) is 18.2. The van der Waals surface area contributed by atoms with Crippen LogP contribution in [0.15, 0.2) is 4.99 Å². The average Bonchev–Trinajstić information content (AvgIpc) is 2.99. The Kier molecular flexibility index (Phi) is 10.4. The molecule has 0 saturated carbocycles. The van der Waals surface area contributed by atoms with Gasteiger partial charge in [-0.2, -0.15) is 0 Å². The SMILES string of the molecule is CCCCNC(=NCC(=O)N(C)C)N(C)Cc1nc2c(s1)CCCC2.I. The molecule has 0 spiro atoms. The summed E-state index contributed by atoms with van der Waals surface area (Å²) in [5.74, 6) is 0.782. The van der Waals surface area contributed by atoms with Crippen LogP contribution in [-0.2, 0) is 24.2 Å². The molecule has 0 saturated heterocycles. The van der Waals surface area contributed by atoms with Crippen LogP contribution in [-0.4, -0.2) is 60.9 Å². The van der Waals surface area contributed by atoms with Gasteiger partial charge in [-0.05, 0) is 32.1 Å². The molecule has 1 aliphatic carbocycles. The first-order valence-corrected chi connectivity index (χ1v) is 10.00. The van der Waals surface area contributed by atoms with Crippen molar-refractivity contribution in [3.63, 3.8) is 0 Å². The van der Waals surface area contributed by atoms with Crippen LogP contribution in [0.4, 0.5) is 0 Å². The molecule has 1 aromatic heterocycles. The smallest absolute Gasteiger partial charge is 0.243 e. The molecule has 6 nitrogen and oxygen atoms in total. The van der Waals surface area contributed by atoms with Crippen molar-refractivity contribution in [3.05, 3.63) is 15.6 Å². The van der Waals surface area contributed by atoms with Gasteiger partial charge in [0.05, 0.1) is 12.2 Å². The molecule has 1 heterocycles.